The average Bonchev–Trinajstić information content (AvgIpc) is 3.18. The molecule has 1 heterocycles. The minimum atomic E-state index is -3.67. The number of hydrogen-bond donors (Lipinski definition) is 2. The molecule has 0 atom stereocenters. The lowest BCUT2D eigenvalue weighted by Crippen LogP contribution is -2.31. The van der Waals surface area contributed by atoms with Gasteiger partial charge in [-0.1, -0.05) is 38.1 Å². The molecule has 3 rings (SSSR count). The molecule has 0 aliphatic heterocycles. The van der Waals surface area contributed by atoms with Crippen molar-refractivity contribution in [3.05, 3.63) is 59.8 Å². The molecule has 0 aliphatic carbocycles. The quantitative estimate of drug-likeness (QED) is 0.519. The van der Waals surface area contributed by atoms with Crippen molar-refractivity contribution in [1.29, 1.82) is 0 Å². The molecule has 0 unspecified atom stereocenters. The maximum Gasteiger partial charge on any atom is 0.355 e. The van der Waals surface area contributed by atoms with Gasteiger partial charge in [-0.3, -0.25) is 4.79 Å². The third kappa shape index (κ3) is 4.95. The van der Waals surface area contributed by atoms with Crippen LogP contribution in [0, 0.1) is 6.92 Å². The minimum Gasteiger partial charge on any atom is -0.451 e. The van der Waals surface area contributed by atoms with Crippen molar-refractivity contribution in [3.63, 3.8) is 0 Å². The van der Waals surface area contributed by atoms with Crippen LogP contribution in [0.1, 0.15) is 29.9 Å². The molecule has 1 aromatic heterocycles. The number of benzene rings is 2. The molecule has 3 aromatic rings. The lowest BCUT2D eigenvalue weighted by atomic mass is 10.2. The summed E-state index contributed by atoms with van der Waals surface area (Å²) >= 11 is 0. The second kappa shape index (κ2) is 9.32. The lowest BCUT2D eigenvalue weighted by molar-refractivity contribution is -0.119. The van der Waals surface area contributed by atoms with E-state index in [2.05, 4.69) is 10.3 Å². The molecule has 0 bridgehead atoms. The monoisotopic (exact) mass is 443 g/mol. The first-order chi connectivity index (χ1) is 14.8. The molecule has 164 valence electrons. The molecule has 9 heteroatoms. The van der Waals surface area contributed by atoms with Gasteiger partial charge in [0.15, 0.2) is 6.61 Å². The van der Waals surface area contributed by atoms with Crippen molar-refractivity contribution < 1.29 is 22.7 Å². The Morgan fingerprint density at radius 1 is 1.06 bits per heavy atom. The zero-order valence-electron chi connectivity index (χ0n) is 17.6. The Bertz CT molecular complexity index is 1180. The molecule has 31 heavy (non-hydrogen) atoms. The number of aryl methyl sites for hydroxylation is 1. The highest BCUT2D eigenvalue weighted by Crippen LogP contribution is 2.23. The van der Waals surface area contributed by atoms with Crippen molar-refractivity contribution >= 4 is 38.5 Å². The van der Waals surface area contributed by atoms with Crippen LogP contribution in [-0.4, -0.2) is 49.3 Å². The summed E-state index contributed by atoms with van der Waals surface area (Å²) in [6, 6.07) is 13.7. The first kappa shape index (κ1) is 22.5. The Morgan fingerprint density at radius 3 is 2.45 bits per heavy atom. The van der Waals surface area contributed by atoms with E-state index in [1.54, 1.807) is 39.0 Å². The van der Waals surface area contributed by atoms with E-state index in [1.165, 1.54) is 10.4 Å². The highest BCUT2D eigenvalue weighted by Gasteiger charge is 2.24. The molecule has 1 amide bonds. The van der Waals surface area contributed by atoms with Crippen LogP contribution >= 0.6 is 0 Å². The SMILES string of the molecule is CCN(CC)S(=O)(=O)c1cc(NC(=O)COC(=O)c2cc3ccccc3[nH]2)ccc1C. The fourth-order valence-electron chi connectivity index (χ4n) is 3.25. The number of nitrogens with one attached hydrogen (secondary N) is 2. The predicted molar refractivity (Wildman–Crippen MR) is 118 cm³/mol. The van der Waals surface area contributed by atoms with Gasteiger partial charge in [-0.15, -0.1) is 0 Å². The predicted octanol–water partition coefficient (Wildman–Crippen LogP) is 3.30. The number of carbonyl (C=O) groups is 2. The molecule has 0 fully saturated rings. The molecule has 8 nitrogen and oxygen atoms in total. The number of fused-ring (bicyclic) bond motifs is 1. The first-order valence-corrected chi connectivity index (χ1v) is 11.4. The third-order valence-electron chi connectivity index (χ3n) is 4.88. The van der Waals surface area contributed by atoms with Crippen LogP contribution in [0.5, 0.6) is 0 Å². The van der Waals surface area contributed by atoms with E-state index in [-0.39, 0.29) is 10.6 Å². The Hall–Kier alpha value is -3.17. The molecular formula is C22H25N3O5S. The van der Waals surface area contributed by atoms with Crippen molar-refractivity contribution in [2.24, 2.45) is 0 Å². The van der Waals surface area contributed by atoms with E-state index in [9.17, 15) is 18.0 Å². The molecule has 2 N–H and O–H groups in total. The maximum absolute atomic E-state index is 12.8. The number of aromatic amines is 1. The van der Waals surface area contributed by atoms with Crippen molar-refractivity contribution in [2.45, 2.75) is 25.7 Å². The van der Waals surface area contributed by atoms with E-state index >= 15 is 0 Å². The van der Waals surface area contributed by atoms with Crippen molar-refractivity contribution in [2.75, 3.05) is 25.0 Å². The summed E-state index contributed by atoms with van der Waals surface area (Å²) in [5.41, 5.74) is 1.93. The Kier molecular flexibility index (Phi) is 6.77. The van der Waals surface area contributed by atoms with E-state index in [0.717, 1.165) is 10.9 Å². The van der Waals surface area contributed by atoms with Gasteiger partial charge in [0.2, 0.25) is 10.0 Å². The van der Waals surface area contributed by atoms with Crippen LogP contribution < -0.4 is 5.32 Å². The van der Waals surface area contributed by atoms with Crippen LogP contribution in [0.25, 0.3) is 10.9 Å². The van der Waals surface area contributed by atoms with E-state index < -0.39 is 28.5 Å². The smallest absolute Gasteiger partial charge is 0.355 e. The number of sulfonamides is 1. The summed E-state index contributed by atoms with van der Waals surface area (Å²) < 4.78 is 32.1. The Morgan fingerprint density at radius 2 is 1.77 bits per heavy atom. The number of hydrogen-bond acceptors (Lipinski definition) is 5. The molecule has 0 saturated heterocycles. The van der Waals surface area contributed by atoms with Gasteiger partial charge in [-0.05, 0) is 36.8 Å². The van der Waals surface area contributed by atoms with Crippen LogP contribution in [-0.2, 0) is 19.6 Å². The summed E-state index contributed by atoms with van der Waals surface area (Å²) in [5.74, 6) is -1.22. The van der Waals surface area contributed by atoms with Gasteiger partial charge in [-0.2, -0.15) is 4.31 Å². The summed E-state index contributed by atoms with van der Waals surface area (Å²) in [6.45, 7) is 5.43. The van der Waals surface area contributed by atoms with Crippen LogP contribution in [0.15, 0.2) is 53.4 Å². The third-order valence-corrected chi connectivity index (χ3v) is 7.07. The zero-order chi connectivity index (χ0) is 22.6. The lowest BCUT2D eigenvalue weighted by Gasteiger charge is -2.20. The molecular weight excluding hydrogens is 418 g/mol. The fraction of sp³-hybridized carbons (Fsp3) is 0.273. The Balaban J connectivity index is 1.67. The summed E-state index contributed by atoms with van der Waals surface area (Å²) in [5, 5.41) is 3.44. The minimum absolute atomic E-state index is 0.129. The molecule has 0 spiro atoms. The summed E-state index contributed by atoms with van der Waals surface area (Å²) in [4.78, 5) is 27.6. The fourth-order valence-corrected chi connectivity index (χ4v) is 4.96. The molecule has 0 radical (unpaired) electrons. The topological polar surface area (TPSA) is 109 Å². The first-order valence-electron chi connectivity index (χ1n) is 9.91. The van der Waals surface area contributed by atoms with Gasteiger partial charge < -0.3 is 15.0 Å². The standard InChI is InChI=1S/C22H25N3O5S/c1-4-25(5-2)31(28,29)20-13-17(11-10-15(20)3)23-21(26)14-30-22(27)19-12-16-8-6-7-9-18(16)24-19/h6-13,24H,4-5,14H2,1-3H3,(H,23,26). The number of amides is 1. The zero-order valence-corrected chi connectivity index (χ0v) is 18.5. The normalized spacial score (nSPS) is 11.6. The molecule has 0 saturated carbocycles. The second-order valence-electron chi connectivity index (χ2n) is 6.96. The molecule has 0 aliphatic rings. The Labute approximate surface area is 181 Å². The number of esters is 1. The van der Waals surface area contributed by atoms with Crippen LogP contribution in [0.3, 0.4) is 0 Å². The second-order valence-corrected chi connectivity index (χ2v) is 8.87. The average molecular weight is 444 g/mol. The van der Waals surface area contributed by atoms with Crippen molar-refractivity contribution in [1.82, 2.24) is 9.29 Å². The molecule has 2 aromatic carbocycles. The van der Waals surface area contributed by atoms with Gasteiger partial charge in [0.25, 0.3) is 5.91 Å². The number of para-hydroxylation sites is 1. The highest BCUT2D eigenvalue weighted by atomic mass is 32.2. The number of carbonyl (C=O) groups excluding carboxylic acids is 2. The van der Waals surface area contributed by atoms with Gasteiger partial charge in [0.1, 0.15) is 5.69 Å². The number of ether oxygens (including phenoxy) is 1. The summed E-state index contributed by atoms with van der Waals surface area (Å²) in [6.07, 6.45) is 0. The van der Waals surface area contributed by atoms with Crippen LogP contribution in [0.2, 0.25) is 0 Å². The van der Waals surface area contributed by atoms with Gasteiger partial charge in [-0.25, -0.2) is 13.2 Å². The summed E-state index contributed by atoms with van der Waals surface area (Å²) in [7, 11) is -3.67. The number of anilines is 1. The number of aromatic nitrogens is 1. The van der Waals surface area contributed by atoms with E-state index in [0.29, 0.717) is 24.3 Å². The number of H-pyrrole nitrogens is 1. The maximum atomic E-state index is 12.8. The van der Waals surface area contributed by atoms with Crippen molar-refractivity contribution in [3.8, 4) is 0 Å². The van der Waals surface area contributed by atoms with Gasteiger partial charge >= 0.3 is 5.97 Å². The van der Waals surface area contributed by atoms with Crippen LogP contribution in [0.4, 0.5) is 5.69 Å². The van der Waals surface area contributed by atoms with Gasteiger partial charge in [0.05, 0.1) is 4.90 Å². The highest BCUT2D eigenvalue weighted by molar-refractivity contribution is 7.89. The van der Waals surface area contributed by atoms with E-state index in [1.807, 2.05) is 24.3 Å². The largest absolute Gasteiger partial charge is 0.451 e. The van der Waals surface area contributed by atoms with Gasteiger partial charge in [0, 0.05) is 29.7 Å². The van der Waals surface area contributed by atoms with E-state index in [4.69, 9.17) is 4.74 Å². The number of nitrogens with zero attached hydrogens (tertiary/aromatic N) is 1. The number of rotatable bonds is 8.